The van der Waals surface area contributed by atoms with Crippen molar-refractivity contribution in [2.45, 2.75) is 33.3 Å². The number of hydrogen-bond donors (Lipinski definition) is 2. The van der Waals surface area contributed by atoms with E-state index in [9.17, 15) is 14.4 Å². The highest BCUT2D eigenvalue weighted by molar-refractivity contribution is 9.10. The second-order valence-corrected chi connectivity index (χ2v) is 8.49. The predicted octanol–water partition coefficient (Wildman–Crippen LogP) is 4.34. The zero-order valence-electron chi connectivity index (χ0n) is 18.9. The number of rotatable bonds is 8. The van der Waals surface area contributed by atoms with Crippen molar-refractivity contribution in [1.29, 1.82) is 0 Å². The number of hydrogen-bond acceptors (Lipinski definition) is 5. The van der Waals surface area contributed by atoms with Crippen LogP contribution in [0.3, 0.4) is 0 Å². The molecule has 1 fully saturated rings. The van der Waals surface area contributed by atoms with Gasteiger partial charge in [0.15, 0.2) is 11.5 Å². The van der Waals surface area contributed by atoms with E-state index in [1.807, 2.05) is 39.0 Å². The number of urea groups is 1. The number of nitrogens with zero attached hydrogens (tertiary/aromatic N) is 1. The number of aryl methyl sites for hydroxylation is 1. The van der Waals surface area contributed by atoms with Gasteiger partial charge in [0.1, 0.15) is 12.2 Å². The van der Waals surface area contributed by atoms with Crippen molar-refractivity contribution >= 4 is 45.5 Å². The van der Waals surface area contributed by atoms with E-state index in [1.54, 1.807) is 18.2 Å². The zero-order valence-corrected chi connectivity index (χ0v) is 20.5. The average molecular weight is 516 g/mol. The van der Waals surface area contributed by atoms with Crippen molar-refractivity contribution in [3.05, 3.63) is 57.7 Å². The lowest BCUT2D eigenvalue weighted by atomic mass is 10.1. The van der Waals surface area contributed by atoms with Gasteiger partial charge >= 0.3 is 6.03 Å². The molecule has 8 nitrogen and oxygen atoms in total. The summed E-state index contributed by atoms with van der Waals surface area (Å²) in [7, 11) is 1.52. The van der Waals surface area contributed by atoms with E-state index in [-0.39, 0.29) is 11.8 Å². The molecule has 1 saturated heterocycles. The van der Waals surface area contributed by atoms with Crippen LogP contribution in [0.25, 0.3) is 6.08 Å². The van der Waals surface area contributed by atoms with Crippen molar-refractivity contribution in [3.8, 4) is 11.5 Å². The quantitative estimate of drug-likeness (QED) is 0.402. The number of para-hydroxylation sites is 1. The minimum Gasteiger partial charge on any atom is -0.493 e. The molecule has 0 spiro atoms. The first kappa shape index (κ1) is 24.3. The molecule has 0 radical (unpaired) electrons. The van der Waals surface area contributed by atoms with Crippen LogP contribution in [-0.2, 0) is 16.0 Å². The Balaban J connectivity index is 1.77. The highest BCUT2D eigenvalue weighted by Gasteiger charge is 2.35. The number of benzene rings is 2. The smallest absolute Gasteiger partial charge is 0.329 e. The van der Waals surface area contributed by atoms with Crippen molar-refractivity contribution in [1.82, 2.24) is 10.2 Å². The van der Waals surface area contributed by atoms with Gasteiger partial charge in [0, 0.05) is 5.69 Å². The van der Waals surface area contributed by atoms with Gasteiger partial charge < -0.3 is 20.1 Å². The largest absolute Gasteiger partial charge is 0.493 e. The molecule has 0 unspecified atom stereocenters. The SMILES string of the molecule is CCc1ccccc1NC(=O)CN1C(=O)N/C(=C/c2cc(Br)c(OC(C)C)c(OC)c2)C1=O. The molecule has 4 amide bonds. The lowest BCUT2D eigenvalue weighted by Crippen LogP contribution is -2.38. The number of amides is 4. The highest BCUT2D eigenvalue weighted by atomic mass is 79.9. The lowest BCUT2D eigenvalue weighted by Gasteiger charge is -2.16. The molecule has 1 aliphatic rings. The van der Waals surface area contributed by atoms with Crippen LogP contribution < -0.4 is 20.1 Å². The summed E-state index contributed by atoms with van der Waals surface area (Å²) in [6.45, 7) is 5.39. The van der Waals surface area contributed by atoms with Gasteiger partial charge in [-0.25, -0.2) is 9.69 Å². The number of carbonyl (C=O) groups excluding carboxylic acids is 3. The molecule has 0 atom stereocenters. The highest BCUT2D eigenvalue weighted by Crippen LogP contribution is 2.38. The molecule has 1 aliphatic heterocycles. The van der Waals surface area contributed by atoms with E-state index < -0.39 is 24.4 Å². The third kappa shape index (κ3) is 5.73. The Morgan fingerprint density at radius 1 is 1.24 bits per heavy atom. The first-order valence-electron chi connectivity index (χ1n) is 10.5. The van der Waals surface area contributed by atoms with E-state index in [0.29, 0.717) is 27.2 Å². The average Bonchev–Trinajstić information content (AvgIpc) is 3.02. The number of methoxy groups -OCH3 is 1. The normalized spacial score (nSPS) is 14.6. The summed E-state index contributed by atoms with van der Waals surface area (Å²) < 4.78 is 11.8. The van der Waals surface area contributed by atoms with Crippen LogP contribution in [0.1, 0.15) is 31.9 Å². The van der Waals surface area contributed by atoms with E-state index in [0.717, 1.165) is 16.9 Å². The third-order valence-corrected chi connectivity index (χ3v) is 5.44. The summed E-state index contributed by atoms with van der Waals surface area (Å²) in [6.07, 6.45) is 2.21. The van der Waals surface area contributed by atoms with Crippen molar-refractivity contribution in [2.75, 3.05) is 19.0 Å². The van der Waals surface area contributed by atoms with Crippen LogP contribution in [0, 0.1) is 0 Å². The Kier molecular flexibility index (Phi) is 7.75. The number of ether oxygens (including phenoxy) is 2. The van der Waals surface area contributed by atoms with Crippen LogP contribution >= 0.6 is 15.9 Å². The molecule has 33 heavy (non-hydrogen) atoms. The Labute approximate surface area is 201 Å². The van der Waals surface area contributed by atoms with Gasteiger partial charge in [-0.15, -0.1) is 0 Å². The maximum atomic E-state index is 12.8. The lowest BCUT2D eigenvalue weighted by molar-refractivity contribution is -0.127. The molecule has 0 saturated carbocycles. The van der Waals surface area contributed by atoms with E-state index >= 15 is 0 Å². The Bertz CT molecular complexity index is 1110. The molecule has 9 heteroatoms. The molecule has 0 aliphatic carbocycles. The molecule has 174 valence electrons. The van der Waals surface area contributed by atoms with Gasteiger partial charge in [0.25, 0.3) is 5.91 Å². The van der Waals surface area contributed by atoms with Gasteiger partial charge in [-0.3, -0.25) is 9.59 Å². The molecule has 2 N–H and O–H groups in total. The zero-order chi connectivity index (χ0) is 24.1. The Morgan fingerprint density at radius 3 is 2.64 bits per heavy atom. The Morgan fingerprint density at radius 2 is 1.97 bits per heavy atom. The number of imide groups is 1. The minimum atomic E-state index is -0.657. The summed E-state index contributed by atoms with van der Waals surface area (Å²) in [5.41, 5.74) is 2.30. The summed E-state index contributed by atoms with van der Waals surface area (Å²) in [6, 6.07) is 10.2. The van der Waals surface area contributed by atoms with Crippen LogP contribution in [0.4, 0.5) is 10.5 Å². The number of halogens is 1. The van der Waals surface area contributed by atoms with Crippen LogP contribution in [0.5, 0.6) is 11.5 Å². The number of nitrogens with one attached hydrogen (secondary N) is 2. The molecule has 0 bridgehead atoms. The molecule has 3 rings (SSSR count). The third-order valence-electron chi connectivity index (χ3n) is 4.85. The standard InChI is InChI=1S/C24H26BrN3O5/c1-5-16-8-6-7-9-18(16)26-21(29)13-28-23(30)19(27-24(28)31)11-15-10-17(25)22(33-14(2)3)20(12-15)32-4/h6-12,14H,5,13H2,1-4H3,(H,26,29)(H,27,31)/b19-11+. The molecule has 1 heterocycles. The second kappa shape index (κ2) is 10.5. The van der Waals surface area contributed by atoms with E-state index in [4.69, 9.17) is 9.47 Å². The maximum Gasteiger partial charge on any atom is 0.329 e. The summed E-state index contributed by atoms with van der Waals surface area (Å²) in [5, 5.41) is 5.30. The predicted molar refractivity (Wildman–Crippen MR) is 129 cm³/mol. The molecular formula is C24H26BrN3O5. The van der Waals surface area contributed by atoms with Gasteiger partial charge in [0.2, 0.25) is 5.91 Å². The molecular weight excluding hydrogens is 490 g/mol. The first-order valence-corrected chi connectivity index (χ1v) is 11.3. The van der Waals surface area contributed by atoms with E-state index in [1.165, 1.54) is 13.2 Å². The van der Waals surface area contributed by atoms with Gasteiger partial charge in [0.05, 0.1) is 17.7 Å². The first-order chi connectivity index (χ1) is 15.7. The van der Waals surface area contributed by atoms with Crippen molar-refractivity contribution in [2.24, 2.45) is 0 Å². The molecule has 0 aromatic heterocycles. The summed E-state index contributed by atoms with van der Waals surface area (Å²) >= 11 is 3.46. The van der Waals surface area contributed by atoms with Gasteiger partial charge in [-0.05, 0) is 71.6 Å². The van der Waals surface area contributed by atoms with E-state index in [2.05, 4.69) is 26.6 Å². The fourth-order valence-corrected chi connectivity index (χ4v) is 3.89. The van der Waals surface area contributed by atoms with Crippen LogP contribution in [-0.4, -0.2) is 42.5 Å². The fraction of sp³-hybridized carbons (Fsp3) is 0.292. The molecule has 2 aromatic rings. The van der Waals surface area contributed by atoms with Crippen molar-refractivity contribution in [3.63, 3.8) is 0 Å². The van der Waals surface area contributed by atoms with Gasteiger partial charge in [-0.1, -0.05) is 25.1 Å². The summed E-state index contributed by atoms with van der Waals surface area (Å²) in [5.74, 6) is -0.0219. The van der Waals surface area contributed by atoms with Crippen LogP contribution in [0.15, 0.2) is 46.6 Å². The van der Waals surface area contributed by atoms with Crippen LogP contribution in [0.2, 0.25) is 0 Å². The maximum absolute atomic E-state index is 12.8. The number of carbonyl (C=O) groups is 3. The minimum absolute atomic E-state index is 0.0564. The fourth-order valence-electron chi connectivity index (χ4n) is 3.34. The number of anilines is 1. The second-order valence-electron chi connectivity index (χ2n) is 7.64. The monoisotopic (exact) mass is 515 g/mol. The van der Waals surface area contributed by atoms with Crippen molar-refractivity contribution < 1.29 is 23.9 Å². The molecule has 2 aromatic carbocycles. The summed E-state index contributed by atoms with van der Waals surface area (Å²) in [4.78, 5) is 38.6. The Hall–Kier alpha value is -3.33. The van der Waals surface area contributed by atoms with Gasteiger partial charge in [-0.2, -0.15) is 0 Å². The topological polar surface area (TPSA) is 97.0 Å².